The second-order valence-electron chi connectivity index (χ2n) is 7.81. The Morgan fingerprint density at radius 2 is 2.00 bits per heavy atom. The van der Waals surface area contributed by atoms with Crippen LogP contribution >= 0.6 is 11.6 Å². The first kappa shape index (κ1) is 27.0. The van der Waals surface area contributed by atoms with Gasteiger partial charge in [-0.25, -0.2) is 9.64 Å². The van der Waals surface area contributed by atoms with Crippen LogP contribution in [0.15, 0.2) is 60.8 Å². The molecule has 3 rings (SSSR count). The number of carbonyl (C=O) groups excluding carboxylic acids is 2. The van der Waals surface area contributed by atoms with Crippen LogP contribution in [0.2, 0.25) is 5.02 Å². The lowest BCUT2D eigenvalue weighted by molar-refractivity contribution is -0.122. The Labute approximate surface area is 219 Å². The molecule has 11 heteroatoms. The Hall–Kier alpha value is -4.64. The predicted octanol–water partition coefficient (Wildman–Crippen LogP) is 4.26. The van der Waals surface area contributed by atoms with Gasteiger partial charge >= 0.3 is 6.03 Å². The van der Waals surface area contributed by atoms with Crippen LogP contribution in [0.5, 0.6) is 5.75 Å². The predicted molar refractivity (Wildman–Crippen MR) is 141 cm³/mol. The Morgan fingerprint density at radius 1 is 1.19 bits per heavy atom. The molecule has 3 aromatic rings. The van der Waals surface area contributed by atoms with Gasteiger partial charge in [0.25, 0.3) is 0 Å². The molecule has 1 atom stereocenters. The number of benzene rings is 2. The van der Waals surface area contributed by atoms with E-state index in [0.29, 0.717) is 40.7 Å². The Morgan fingerprint density at radius 3 is 2.73 bits per heavy atom. The van der Waals surface area contributed by atoms with E-state index >= 15 is 0 Å². The third-order valence-electron chi connectivity index (χ3n) is 5.10. The molecule has 37 heavy (non-hydrogen) atoms. The molecule has 0 saturated heterocycles. The number of nitrogens with one attached hydrogen (secondary N) is 3. The molecular formula is C26H24ClN7O3. The third-order valence-corrected chi connectivity index (χ3v) is 5.34. The summed E-state index contributed by atoms with van der Waals surface area (Å²) in [7, 11) is 0. The molecule has 0 saturated carbocycles. The van der Waals surface area contributed by atoms with E-state index in [1.165, 1.54) is 12.3 Å². The zero-order valence-corrected chi connectivity index (χ0v) is 20.5. The van der Waals surface area contributed by atoms with Gasteiger partial charge in [-0.05, 0) is 48.7 Å². The minimum atomic E-state index is -0.784. The van der Waals surface area contributed by atoms with Crippen LogP contribution in [0, 0.1) is 17.9 Å². The number of nitrogens with two attached hydrogens (primary N) is 1. The molecule has 0 fully saturated rings. The van der Waals surface area contributed by atoms with Crippen molar-refractivity contribution in [2.45, 2.75) is 18.9 Å². The van der Waals surface area contributed by atoms with Crippen molar-refractivity contribution in [2.75, 3.05) is 23.8 Å². The quantitative estimate of drug-likeness (QED) is 0.233. The van der Waals surface area contributed by atoms with Gasteiger partial charge in [-0.15, -0.1) is 0 Å². The first-order chi connectivity index (χ1) is 17.9. The van der Waals surface area contributed by atoms with E-state index in [4.69, 9.17) is 28.6 Å². The van der Waals surface area contributed by atoms with Crippen molar-refractivity contribution in [1.29, 1.82) is 5.26 Å². The molecule has 1 heterocycles. The topological polar surface area (TPSA) is 147 Å². The van der Waals surface area contributed by atoms with Crippen LogP contribution < -0.4 is 26.4 Å². The fourth-order valence-corrected chi connectivity index (χ4v) is 3.43. The van der Waals surface area contributed by atoms with Gasteiger partial charge in [0.15, 0.2) is 0 Å². The van der Waals surface area contributed by atoms with E-state index in [1.807, 2.05) is 0 Å². The SMILES string of the molecule is [C-]#[N+]c1ccc(NC(=O)Nc2cc(Cl)ccc2OCCCNC(=O)C(N)Cc2ccccc2C#N)nc1. The van der Waals surface area contributed by atoms with E-state index in [0.717, 1.165) is 5.56 Å². The summed E-state index contributed by atoms with van der Waals surface area (Å²) < 4.78 is 5.77. The highest BCUT2D eigenvalue weighted by molar-refractivity contribution is 6.31. The number of rotatable bonds is 10. The molecule has 0 aliphatic rings. The number of nitrogens with zero attached hydrogens (tertiary/aromatic N) is 3. The fourth-order valence-electron chi connectivity index (χ4n) is 3.26. The zero-order valence-electron chi connectivity index (χ0n) is 19.7. The van der Waals surface area contributed by atoms with Crippen LogP contribution in [-0.2, 0) is 11.2 Å². The Kier molecular flexibility index (Phi) is 9.80. The molecule has 0 aliphatic carbocycles. The fraction of sp³-hybridized carbons (Fsp3) is 0.192. The number of anilines is 2. The average Bonchev–Trinajstić information content (AvgIpc) is 2.90. The van der Waals surface area contributed by atoms with Gasteiger partial charge in [0, 0.05) is 17.8 Å². The lowest BCUT2D eigenvalue weighted by Crippen LogP contribution is -2.42. The van der Waals surface area contributed by atoms with Gasteiger partial charge < -0.3 is 21.1 Å². The van der Waals surface area contributed by atoms with Gasteiger partial charge in [-0.2, -0.15) is 5.26 Å². The number of urea groups is 1. The van der Waals surface area contributed by atoms with Gasteiger partial charge in [-0.1, -0.05) is 35.9 Å². The maximum Gasteiger partial charge on any atom is 0.324 e. The normalized spacial score (nSPS) is 10.9. The first-order valence-corrected chi connectivity index (χ1v) is 11.6. The van der Waals surface area contributed by atoms with Crippen molar-refractivity contribution in [1.82, 2.24) is 10.3 Å². The molecule has 0 aliphatic heterocycles. The van der Waals surface area contributed by atoms with Gasteiger partial charge in [0.05, 0.1) is 36.5 Å². The maximum absolute atomic E-state index is 12.4. The van der Waals surface area contributed by atoms with Crippen LogP contribution in [0.4, 0.5) is 22.0 Å². The molecule has 0 radical (unpaired) electrons. The summed E-state index contributed by atoms with van der Waals surface area (Å²) in [6, 6.07) is 15.6. The number of nitriles is 1. The monoisotopic (exact) mass is 517 g/mol. The highest BCUT2D eigenvalue weighted by atomic mass is 35.5. The van der Waals surface area contributed by atoms with Crippen LogP contribution in [0.25, 0.3) is 4.85 Å². The standard InChI is InChI=1S/C26H24ClN7O3/c1-30-20-8-10-24(32-16-20)34-26(36)33-22-14-19(27)7-9-23(22)37-12-4-11-31-25(35)21(29)13-17-5-2-3-6-18(17)15-28/h2-3,5-10,14,16,21H,4,11-13,29H2,(H,31,35)(H2,32,33,34,36). The minimum Gasteiger partial charge on any atom is -0.491 e. The van der Waals surface area contributed by atoms with E-state index in [1.54, 1.807) is 48.5 Å². The van der Waals surface area contributed by atoms with Gasteiger partial charge in [0.1, 0.15) is 11.6 Å². The number of aromatic nitrogens is 1. The van der Waals surface area contributed by atoms with Crippen molar-refractivity contribution < 1.29 is 14.3 Å². The molecule has 1 unspecified atom stereocenters. The number of carbonyl (C=O) groups is 2. The molecule has 2 aromatic carbocycles. The summed E-state index contributed by atoms with van der Waals surface area (Å²) in [5, 5.41) is 17.6. The first-order valence-electron chi connectivity index (χ1n) is 11.2. The summed E-state index contributed by atoms with van der Waals surface area (Å²) in [5.74, 6) is 0.350. The van der Waals surface area contributed by atoms with Crippen LogP contribution in [0.3, 0.4) is 0 Å². The number of pyridine rings is 1. The number of hydrogen-bond acceptors (Lipinski definition) is 6. The molecule has 3 amide bonds. The summed E-state index contributed by atoms with van der Waals surface area (Å²) in [4.78, 5) is 32.0. The highest BCUT2D eigenvalue weighted by Gasteiger charge is 2.15. The molecule has 1 aromatic heterocycles. The summed E-state index contributed by atoms with van der Waals surface area (Å²) in [6.45, 7) is 7.53. The highest BCUT2D eigenvalue weighted by Crippen LogP contribution is 2.28. The van der Waals surface area contributed by atoms with E-state index in [-0.39, 0.29) is 24.8 Å². The van der Waals surface area contributed by atoms with E-state index in [9.17, 15) is 14.9 Å². The summed E-state index contributed by atoms with van der Waals surface area (Å²) >= 11 is 6.07. The second-order valence-corrected chi connectivity index (χ2v) is 8.24. The molecule has 188 valence electrons. The van der Waals surface area contributed by atoms with Gasteiger partial charge in [-0.3, -0.25) is 15.1 Å². The summed E-state index contributed by atoms with van der Waals surface area (Å²) in [6.07, 6.45) is 2.10. The average molecular weight is 518 g/mol. The zero-order chi connectivity index (χ0) is 26.6. The van der Waals surface area contributed by atoms with E-state index < -0.39 is 12.1 Å². The summed E-state index contributed by atoms with van der Waals surface area (Å²) in [5.41, 5.74) is 7.93. The van der Waals surface area contributed by atoms with Crippen LogP contribution in [0.1, 0.15) is 17.5 Å². The molecule has 0 bridgehead atoms. The van der Waals surface area contributed by atoms with Crippen molar-refractivity contribution in [3.05, 3.63) is 88.4 Å². The largest absolute Gasteiger partial charge is 0.491 e. The molecule has 0 spiro atoms. The van der Waals surface area contributed by atoms with Crippen LogP contribution in [-0.4, -0.2) is 36.1 Å². The lowest BCUT2D eigenvalue weighted by atomic mass is 10.0. The van der Waals surface area contributed by atoms with E-state index in [2.05, 4.69) is 31.8 Å². The minimum absolute atomic E-state index is 0.254. The molecular weight excluding hydrogens is 494 g/mol. The maximum atomic E-state index is 12.4. The Bertz CT molecular complexity index is 1330. The molecule has 5 N–H and O–H groups in total. The number of amides is 3. The number of hydrogen-bond donors (Lipinski definition) is 4. The Balaban J connectivity index is 1.46. The third kappa shape index (κ3) is 8.22. The number of ether oxygens (including phenoxy) is 1. The lowest BCUT2D eigenvalue weighted by Gasteiger charge is -2.15. The molecule has 10 nitrogen and oxygen atoms in total. The number of halogens is 1. The smallest absolute Gasteiger partial charge is 0.324 e. The van der Waals surface area contributed by atoms with Gasteiger partial charge in [0.2, 0.25) is 11.6 Å². The van der Waals surface area contributed by atoms with Crippen molar-refractivity contribution in [3.8, 4) is 11.8 Å². The van der Waals surface area contributed by atoms with Crippen molar-refractivity contribution in [3.63, 3.8) is 0 Å². The van der Waals surface area contributed by atoms with Crippen molar-refractivity contribution in [2.24, 2.45) is 5.73 Å². The second kappa shape index (κ2) is 13.4. The van der Waals surface area contributed by atoms with Crippen molar-refractivity contribution >= 4 is 40.7 Å².